The van der Waals surface area contributed by atoms with Crippen LogP contribution in [-0.4, -0.2) is 13.7 Å². The van der Waals surface area contributed by atoms with Crippen molar-refractivity contribution in [3.8, 4) is 0 Å². The van der Waals surface area contributed by atoms with Crippen molar-refractivity contribution in [1.82, 2.24) is 0 Å². The number of hydrogen-bond donors (Lipinski definition) is 0. The molecule has 70 valence electrons. The van der Waals surface area contributed by atoms with Crippen LogP contribution >= 0.6 is 0 Å². The van der Waals surface area contributed by atoms with Gasteiger partial charge in [0.25, 0.3) is 0 Å². The van der Waals surface area contributed by atoms with Crippen LogP contribution in [0.25, 0.3) is 0 Å². The highest BCUT2D eigenvalue weighted by atomic mass is 16.7. The Labute approximate surface area is 79.4 Å². The van der Waals surface area contributed by atoms with Crippen molar-refractivity contribution in [3.05, 3.63) is 42.5 Å². The molecule has 2 heteroatoms. The van der Waals surface area contributed by atoms with Crippen LogP contribution in [0.15, 0.2) is 42.5 Å². The summed E-state index contributed by atoms with van der Waals surface area (Å²) in [5, 5.41) is 1.76. The van der Waals surface area contributed by atoms with Crippen LogP contribution in [0.1, 0.15) is 6.92 Å². The van der Waals surface area contributed by atoms with E-state index in [9.17, 15) is 0 Å². The van der Waals surface area contributed by atoms with Gasteiger partial charge >= 0.3 is 0 Å². The topological polar surface area (TPSA) is 12.5 Å². The average molecular weight is 177 g/mol. The first kappa shape index (κ1) is 9.81. The van der Waals surface area contributed by atoms with Crippen molar-refractivity contribution < 1.29 is 4.84 Å². The Morgan fingerprint density at radius 3 is 2.62 bits per heavy atom. The fraction of sp³-hybridized carbons (Fsp3) is 0.273. The van der Waals surface area contributed by atoms with E-state index in [1.807, 2.05) is 56.5 Å². The Bertz CT molecular complexity index is 256. The Morgan fingerprint density at radius 2 is 2.00 bits per heavy atom. The Morgan fingerprint density at radius 1 is 1.31 bits per heavy atom. The fourth-order valence-corrected chi connectivity index (χ4v) is 0.964. The summed E-state index contributed by atoms with van der Waals surface area (Å²) in [6.45, 7) is 2.59. The zero-order valence-electron chi connectivity index (χ0n) is 8.10. The second-order valence-electron chi connectivity index (χ2n) is 2.70. The molecular formula is C11H15NO. The molecule has 0 amide bonds. The lowest BCUT2D eigenvalue weighted by Gasteiger charge is -2.17. The summed E-state index contributed by atoms with van der Waals surface area (Å²) in [7, 11) is 1.90. The fourth-order valence-electron chi connectivity index (χ4n) is 0.964. The van der Waals surface area contributed by atoms with Gasteiger partial charge in [0.05, 0.1) is 12.3 Å². The van der Waals surface area contributed by atoms with Crippen LogP contribution in [0.2, 0.25) is 0 Å². The lowest BCUT2D eigenvalue weighted by atomic mass is 10.3. The zero-order chi connectivity index (χ0) is 9.52. The van der Waals surface area contributed by atoms with Gasteiger partial charge in [-0.15, -0.1) is 0 Å². The number of rotatable bonds is 4. The molecule has 0 aliphatic heterocycles. The van der Waals surface area contributed by atoms with Gasteiger partial charge in [0.1, 0.15) is 0 Å². The van der Waals surface area contributed by atoms with E-state index in [-0.39, 0.29) is 0 Å². The normalized spacial score (nSPS) is 10.6. The van der Waals surface area contributed by atoms with Crippen molar-refractivity contribution in [2.45, 2.75) is 6.92 Å². The van der Waals surface area contributed by atoms with Gasteiger partial charge in [-0.05, 0) is 19.1 Å². The molecule has 0 unspecified atom stereocenters. The molecule has 0 aromatic heterocycles. The number of benzene rings is 1. The second kappa shape index (κ2) is 5.38. The molecule has 0 aliphatic rings. The summed E-state index contributed by atoms with van der Waals surface area (Å²) < 4.78 is 0. The summed E-state index contributed by atoms with van der Waals surface area (Å²) in [6, 6.07) is 9.99. The quantitative estimate of drug-likeness (QED) is 0.518. The molecule has 13 heavy (non-hydrogen) atoms. The van der Waals surface area contributed by atoms with Gasteiger partial charge in [-0.3, -0.25) is 9.90 Å². The highest BCUT2D eigenvalue weighted by Crippen LogP contribution is 2.10. The van der Waals surface area contributed by atoms with E-state index in [1.165, 1.54) is 0 Å². The van der Waals surface area contributed by atoms with E-state index in [0.29, 0.717) is 6.61 Å². The van der Waals surface area contributed by atoms with Crippen molar-refractivity contribution in [2.24, 2.45) is 0 Å². The SMILES string of the molecule is C/C=C/CON(C)c1ccccc1. The van der Waals surface area contributed by atoms with Gasteiger partial charge in [-0.2, -0.15) is 0 Å². The molecule has 0 aliphatic carbocycles. The smallest absolute Gasteiger partial charge is 0.0930 e. The first-order chi connectivity index (χ1) is 6.34. The molecule has 0 spiro atoms. The summed E-state index contributed by atoms with van der Waals surface area (Å²) >= 11 is 0. The minimum Gasteiger partial charge on any atom is -0.270 e. The first-order valence-corrected chi connectivity index (χ1v) is 4.37. The van der Waals surface area contributed by atoms with Gasteiger partial charge in [0, 0.05) is 7.05 Å². The van der Waals surface area contributed by atoms with E-state index in [2.05, 4.69) is 0 Å². The number of nitrogens with zero attached hydrogens (tertiary/aromatic N) is 1. The molecule has 0 bridgehead atoms. The lowest BCUT2D eigenvalue weighted by molar-refractivity contribution is 0.149. The van der Waals surface area contributed by atoms with Crippen LogP contribution in [0, 0.1) is 0 Å². The third-order valence-electron chi connectivity index (χ3n) is 1.72. The molecule has 0 heterocycles. The van der Waals surface area contributed by atoms with E-state index < -0.39 is 0 Å². The van der Waals surface area contributed by atoms with Gasteiger partial charge in [0.15, 0.2) is 0 Å². The second-order valence-corrected chi connectivity index (χ2v) is 2.70. The Balaban J connectivity index is 2.44. The van der Waals surface area contributed by atoms with Crippen LogP contribution in [0.3, 0.4) is 0 Å². The molecule has 0 N–H and O–H groups in total. The molecule has 0 atom stereocenters. The largest absolute Gasteiger partial charge is 0.270 e. The number of hydroxylamine groups is 1. The molecule has 1 rings (SSSR count). The number of para-hydroxylation sites is 1. The van der Waals surface area contributed by atoms with Crippen LogP contribution in [-0.2, 0) is 4.84 Å². The summed E-state index contributed by atoms with van der Waals surface area (Å²) in [5.41, 5.74) is 1.06. The molecule has 0 saturated heterocycles. The average Bonchev–Trinajstić information content (AvgIpc) is 2.19. The van der Waals surface area contributed by atoms with Crippen molar-refractivity contribution in [2.75, 3.05) is 18.7 Å². The maximum absolute atomic E-state index is 5.41. The maximum Gasteiger partial charge on any atom is 0.0930 e. The summed E-state index contributed by atoms with van der Waals surface area (Å²) in [5.74, 6) is 0. The zero-order valence-corrected chi connectivity index (χ0v) is 8.10. The van der Waals surface area contributed by atoms with E-state index >= 15 is 0 Å². The number of hydrogen-bond acceptors (Lipinski definition) is 2. The minimum absolute atomic E-state index is 0.613. The molecular weight excluding hydrogens is 162 g/mol. The minimum atomic E-state index is 0.613. The Hall–Kier alpha value is -1.28. The molecule has 0 radical (unpaired) electrons. The van der Waals surface area contributed by atoms with Gasteiger partial charge in [-0.1, -0.05) is 30.4 Å². The van der Waals surface area contributed by atoms with Crippen LogP contribution in [0.4, 0.5) is 5.69 Å². The van der Waals surface area contributed by atoms with Gasteiger partial charge in [0.2, 0.25) is 0 Å². The summed E-state index contributed by atoms with van der Waals surface area (Å²) in [4.78, 5) is 5.41. The third kappa shape index (κ3) is 3.30. The predicted molar refractivity (Wildman–Crippen MR) is 55.6 cm³/mol. The highest BCUT2D eigenvalue weighted by molar-refractivity contribution is 5.42. The number of anilines is 1. The molecule has 2 nitrogen and oxygen atoms in total. The van der Waals surface area contributed by atoms with Crippen LogP contribution in [0.5, 0.6) is 0 Å². The maximum atomic E-state index is 5.41. The molecule has 0 fully saturated rings. The van der Waals surface area contributed by atoms with E-state index in [0.717, 1.165) is 5.69 Å². The predicted octanol–water partition coefficient (Wildman–Crippen LogP) is 2.63. The van der Waals surface area contributed by atoms with E-state index in [1.54, 1.807) is 5.06 Å². The molecule has 1 aromatic carbocycles. The third-order valence-corrected chi connectivity index (χ3v) is 1.72. The van der Waals surface area contributed by atoms with Crippen molar-refractivity contribution >= 4 is 5.69 Å². The first-order valence-electron chi connectivity index (χ1n) is 4.37. The van der Waals surface area contributed by atoms with E-state index in [4.69, 9.17) is 4.84 Å². The molecule has 0 saturated carbocycles. The van der Waals surface area contributed by atoms with Gasteiger partial charge < -0.3 is 0 Å². The van der Waals surface area contributed by atoms with Gasteiger partial charge in [-0.25, -0.2) is 0 Å². The lowest BCUT2D eigenvalue weighted by Crippen LogP contribution is -2.17. The Kier molecular flexibility index (Phi) is 4.06. The molecule has 1 aromatic rings. The standard InChI is InChI=1S/C11H15NO/c1-3-4-10-13-12(2)11-8-6-5-7-9-11/h3-9H,10H2,1-2H3/b4-3+. The monoisotopic (exact) mass is 177 g/mol. The number of allylic oxidation sites excluding steroid dienone is 1. The van der Waals surface area contributed by atoms with Crippen molar-refractivity contribution in [1.29, 1.82) is 0 Å². The highest BCUT2D eigenvalue weighted by Gasteiger charge is 1.96. The summed E-state index contributed by atoms with van der Waals surface area (Å²) in [6.07, 6.45) is 3.94. The van der Waals surface area contributed by atoms with Crippen LogP contribution < -0.4 is 5.06 Å². The van der Waals surface area contributed by atoms with Crippen molar-refractivity contribution in [3.63, 3.8) is 0 Å².